The number of nitrogens with zero attached hydrogens (tertiary/aromatic N) is 2. The van der Waals surface area contributed by atoms with Crippen molar-refractivity contribution in [1.29, 1.82) is 0 Å². The molecule has 24 heavy (non-hydrogen) atoms. The maximum absolute atomic E-state index is 12.3. The molecule has 128 valence electrons. The van der Waals surface area contributed by atoms with Crippen molar-refractivity contribution in [3.05, 3.63) is 46.8 Å². The molecule has 0 radical (unpaired) electrons. The first-order chi connectivity index (χ1) is 11.5. The first-order valence-electron chi connectivity index (χ1n) is 8.62. The van der Waals surface area contributed by atoms with Gasteiger partial charge in [0.15, 0.2) is 0 Å². The fourth-order valence-electron chi connectivity index (χ4n) is 3.52. The number of sulfonamides is 1. The Labute approximate surface area is 143 Å². The average molecular weight is 345 g/mol. The van der Waals surface area contributed by atoms with E-state index < -0.39 is 10.0 Å². The number of hydrogen-bond donors (Lipinski definition) is 1. The summed E-state index contributed by atoms with van der Waals surface area (Å²) in [5, 5.41) is 4.41. The minimum absolute atomic E-state index is 0.141. The van der Waals surface area contributed by atoms with Crippen LogP contribution >= 0.6 is 0 Å². The van der Waals surface area contributed by atoms with Crippen LogP contribution in [0, 0.1) is 13.8 Å². The summed E-state index contributed by atoms with van der Waals surface area (Å²) in [5.74, 6) is 0. The van der Waals surface area contributed by atoms with Crippen molar-refractivity contribution in [3.8, 4) is 5.69 Å². The maximum Gasteiger partial charge on any atom is 0.215 e. The molecular formula is C18H23N3O2S. The molecule has 1 atom stereocenters. The van der Waals surface area contributed by atoms with Crippen molar-refractivity contribution in [2.24, 2.45) is 0 Å². The molecule has 1 aromatic carbocycles. The molecule has 5 nitrogen and oxygen atoms in total. The Hall–Kier alpha value is -1.66. The predicted octanol–water partition coefficient (Wildman–Crippen LogP) is 2.95. The molecule has 0 aliphatic heterocycles. The fraction of sp³-hybridized carbons (Fsp3) is 0.500. The molecule has 2 aliphatic rings. The minimum atomic E-state index is -3.19. The van der Waals surface area contributed by atoms with Gasteiger partial charge in [-0.15, -0.1) is 0 Å². The van der Waals surface area contributed by atoms with Gasteiger partial charge in [0.1, 0.15) is 0 Å². The van der Waals surface area contributed by atoms with Crippen LogP contribution in [0.2, 0.25) is 0 Å². The topological polar surface area (TPSA) is 64.0 Å². The molecule has 1 aromatic heterocycles. The molecule has 0 bridgehead atoms. The van der Waals surface area contributed by atoms with E-state index in [1.807, 2.05) is 16.9 Å². The van der Waals surface area contributed by atoms with Gasteiger partial charge < -0.3 is 0 Å². The standard InChI is InChI=1S/C18H23N3O2S/c1-12-5-3-7-17(13(12)2)21-18-8-4-6-16(15(18)11-19-21)20-24(22,23)14-9-10-14/h3,5,7,11,14,16,20H,4,6,8-10H2,1-2H3. The van der Waals surface area contributed by atoms with Crippen molar-refractivity contribution in [1.82, 2.24) is 14.5 Å². The van der Waals surface area contributed by atoms with Gasteiger partial charge in [-0.05, 0) is 63.1 Å². The Balaban J connectivity index is 1.71. The lowest BCUT2D eigenvalue weighted by molar-refractivity contribution is 0.501. The van der Waals surface area contributed by atoms with Crippen LogP contribution in [0.25, 0.3) is 5.69 Å². The highest BCUT2D eigenvalue weighted by Gasteiger charge is 2.38. The minimum Gasteiger partial charge on any atom is -0.237 e. The summed E-state index contributed by atoms with van der Waals surface area (Å²) in [5.41, 5.74) is 5.70. The number of hydrogen-bond acceptors (Lipinski definition) is 3. The summed E-state index contributed by atoms with van der Waals surface area (Å²) in [6, 6.07) is 6.08. The molecule has 2 aromatic rings. The molecule has 1 saturated carbocycles. The van der Waals surface area contributed by atoms with Crippen LogP contribution < -0.4 is 4.72 Å². The second-order valence-corrected chi connectivity index (χ2v) is 8.98. The highest BCUT2D eigenvalue weighted by atomic mass is 32.2. The lowest BCUT2D eigenvalue weighted by atomic mass is 9.93. The summed E-state index contributed by atoms with van der Waals surface area (Å²) in [4.78, 5) is 0. The third-order valence-corrected chi connectivity index (χ3v) is 7.22. The molecule has 1 unspecified atom stereocenters. The molecule has 4 rings (SSSR count). The summed E-state index contributed by atoms with van der Waals surface area (Å²) in [6.45, 7) is 4.20. The van der Waals surface area contributed by atoms with E-state index in [-0.39, 0.29) is 11.3 Å². The summed E-state index contributed by atoms with van der Waals surface area (Å²) in [7, 11) is -3.19. The number of aryl methyl sites for hydroxylation is 1. The molecule has 1 heterocycles. The van der Waals surface area contributed by atoms with E-state index in [9.17, 15) is 8.42 Å². The van der Waals surface area contributed by atoms with Gasteiger partial charge in [0.2, 0.25) is 10.0 Å². The van der Waals surface area contributed by atoms with E-state index in [1.54, 1.807) is 0 Å². The number of fused-ring (bicyclic) bond motifs is 1. The van der Waals surface area contributed by atoms with Crippen LogP contribution in [0.3, 0.4) is 0 Å². The van der Waals surface area contributed by atoms with Crippen LogP contribution in [-0.4, -0.2) is 23.4 Å². The number of aromatic nitrogens is 2. The van der Waals surface area contributed by atoms with E-state index in [4.69, 9.17) is 0 Å². The largest absolute Gasteiger partial charge is 0.237 e. The van der Waals surface area contributed by atoms with E-state index >= 15 is 0 Å². The lowest BCUT2D eigenvalue weighted by Crippen LogP contribution is -2.33. The Kier molecular flexibility index (Phi) is 3.77. The van der Waals surface area contributed by atoms with Gasteiger partial charge in [-0.25, -0.2) is 17.8 Å². The molecule has 1 fully saturated rings. The fourth-order valence-corrected chi connectivity index (χ4v) is 5.12. The predicted molar refractivity (Wildman–Crippen MR) is 93.8 cm³/mol. The van der Waals surface area contributed by atoms with Crippen LogP contribution in [0.1, 0.15) is 54.1 Å². The van der Waals surface area contributed by atoms with Crippen LogP contribution in [-0.2, 0) is 16.4 Å². The van der Waals surface area contributed by atoms with Gasteiger partial charge in [-0.2, -0.15) is 5.10 Å². The zero-order chi connectivity index (χ0) is 16.9. The first-order valence-corrected chi connectivity index (χ1v) is 10.2. The van der Waals surface area contributed by atoms with E-state index in [0.717, 1.165) is 49.0 Å². The van der Waals surface area contributed by atoms with E-state index in [1.165, 1.54) is 11.1 Å². The Morgan fingerprint density at radius 3 is 2.75 bits per heavy atom. The molecule has 6 heteroatoms. The molecular weight excluding hydrogens is 322 g/mol. The van der Waals surface area contributed by atoms with Gasteiger partial charge in [0.05, 0.1) is 23.2 Å². The highest BCUT2D eigenvalue weighted by molar-refractivity contribution is 7.90. The quantitative estimate of drug-likeness (QED) is 0.926. The number of rotatable bonds is 4. The second kappa shape index (κ2) is 5.70. The highest BCUT2D eigenvalue weighted by Crippen LogP contribution is 2.35. The van der Waals surface area contributed by atoms with Gasteiger partial charge >= 0.3 is 0 Å². The van der Waals surface area contributed by atoms with E-state index in [0.29, 0.717) is 0 Å². The monoisotopic (exact) mass is 345 g/mol. The second-order valence-electron chi connectivity index (χ2n) is 6.98. The normalized spacial score (nSPS) is 20.8. The summed E-state index contributed by atoms with van der Waals surface area (Å²) in [6.07, 6.45) is 6.17. The van der Waals surface area contributed by atoms with E-state index in [2.05, 4.69) is 35.8 Å². The van der Waals surface area contributed by atoms with Crippen molar-refractivity contribution < 1.29 is 8.42 Å². The van der Waals surface area contributed by atoms with Crippen molar-refractivity contribution in [2.45, 2.75) is 57.2 Å². The Morgan fingerprint density at radius 2 is 2.00 bits per heavy atom. The summed E-state index contributed by atoms with van der Waals surface area (Å²) >= 11 is 0. The number of benzene rings is 1. The first kappa shape index (κ1) is 15.8. The maximum atomic E-state index is 12.3. The number of nitrogens with one attached hydrogen (secondary N) is 1. The van der Waals surface area contributed by atoms with Crippen LogP contribution in [0.5, 0.6) is 0 Å². The van der Waals surface area contributed by atoms with Gasteiger partial charge in [-0.3, -0.25) is 0 Å². The van der Waals surface area contributed by atoms with Gasteiger partial charge in [-0.1, -0.05) is 12.1 Å². The van der Waals surface area contributed by atoms with Crippen molar-refractivity contribution >= 4 is 10.0 Å². The Morgan fingerprint density at radius 1 is 1.21 bits per heavy atom. The van der Waals surface area contributed by atoms with Gasteiger partial charge in [0.25, 0.3) is 0 Å². The van der Waals surface area contributed by atoms with Gasteiger partial charge in [0, 0.05) is 11.3 Å². The van der Waals surface area contributed by atoms with Crippen LogP contribution in [0.15, 0.2) is 24.4 Å². The average Bonchev–Trinajstić information content (AvgIpc) is 3.32. The third kappa shape index (κ3) is 2.67. The molecule has 1 N–H and O–H groups in total. The zero-order valence-electron chi connectivity index (χ0n) is 14.1. The SMILES string of the molecule is Cc1cccc(-n2ncc3c2CCCC3NS(=O)(=O)C2CC2)c1C. The third-order valence-electron chi connectivity index (χ3n) is 5.26. The lowest BCUT2D eigenvalue weighted by Gasteiger charge is -2.24. The summed E-state index contributed by atoms with van der Waals surface area (Å²) < 4.78 is 29.5. The van der Waals surface area contributed by atoms with Crippen molar-refractivity contribution in [2.75, 3.05) is 0 Å². The van der Waals surface area contributed by atoms with Crippen molar-refractivity contribution in [3.63, 3.8) is 0 Å². The molecule has 0 saturated heterocycles. The zero-order valence-corrected chi connectivity index (χ0v) is 14.9. The molecule has 0 amide bonds. The van der Waals surface area contributed by atoms with Crippen LogP contribution in [0.4, 0.5) is 0 Å². The smallest absolute Gasteiger partial charge is 0.215 e. The molecule has 2 aliphatic carbocycles. The Bertz CT molecular complexity index is 882. The molecule has 0 spiro atoms.